The van der Waals surface area contributed by atoms with Gasteiger partial charge in [0.1, 0.15) is 11.9 Å². The van der Waals surface area contributed by atoms with Crippen molar-refractivity contribution >= 4 is 11.8 Å². The molecule has 0 saturated carbocycles. The van der Waals surface area contributed by atoms with Crippen molar-refractivity contribution in [3.05, 3.63) is 71.0 Å². The van der Waals surface area contributed by atoms with E-state index in [0.717, 1.165) is 57.1 Å². The number of aryl methyl sites for hydroxylation is 3. The first-order chi connectivity index (χ1) is 19.8. The molecule has 2 unspecified atom stereocenters. The predicted molar refractivity (Wildman–Crippen MR) is 173 cm³/mol. The third-order valence-electron chi connectivity index (χ3n) is 6.42. The molecule has 2 atom stereocenters. The third kappa shape index (κ3) is 19.1. The molecule has 41 heavy (non-hydrogen) atoms. The summed E-state index contributed by atoms with van der Waals surface area (Å²) in [6, 6.07) is 15.2. The Morgan fingerprint density at radius 3 is 2.10 bits per heavy atom. The number of fused-ring (bicyclic) bond motifs is 1. The second-order valence-electron chi connectivity index (χ2n) is 10.4. The number of hydrogen-bond donors (Lipinski definition) is 3. The number of carbonyl (C=O) groups excluding carboxylic acids is 2. The minimum absolute atomic E-state index is 0.0170. The van der Waals surface area contributed by atoms with E-state index in [9.17, 15) is 14.0 Å². The topological polar surface area (TPSA) is 70.2 Å². The van der Waals surface area contributed by atoms with Crippen LogP contribution >= 0.6 is 0 Å². The fraction of sp³-hybridized carbons (Fsp3) is 0.600. The lowest BCUT2D eigenvalue weighted by Crippen LogP contribution is -2.46. The quantitative estimate of drug-likeness (QED) is 0.346. The molecule has 2 amide bonds. The summed E-state index contributed by atoms with van der Waals surface area (Å²) in [5.74, 6) is -0.234. The standard InChI is InChI=1S/C23H37N3O2.C7H7F.C3H8.C2H6/c1-3-9-21-23(28)25-17-8-12-19-10-4-5-11-20(19)15-14-18(2)24-16-7-6-13-22(27)26-21;1-6-3-2-4-7(8)5-6;1-3-2;1-2/h4-5,10-11,18,21,24H,3,6-9,12-17H2,1-2H3,(H,25,28)(H,26,27);2-5H,1H3;3H2,1-2H3;1-2H3. The molecule has 0 aliphatic carbocycles. The first kappa shape index (κ1) is 38.3. The molecule has 3 rings (SSSR count). The van der Waals surface area contributed by atoms with Gasteiger partial charge in [-0.25, -0.2) is 4.39 Å². The molecule has 0 radical (unpaired) electrons. The Balaban J connectivity index is 0.00000102. The molecule has 232 valence electrons. The van der Waals surface area contributed by atoms with E-state index in [2.05, 4.69) is 61.0 Å². The predicted octanol–water partition coefficient (Wildman–Crippen LogP) is 7.69. The molecule has 2 aromatic carbocycles. The van der Waals surface area contributed by atoms with Gasteiger partial charge in [0.2, 0.25) is 11.8 Å². The van der Waals surface area contributed by atoms with Crippen molar-refractivity contribution in [2.24, 2.45) is 0 Å². The third-order valence-corrected chi connectivity index (χ3v) is 6.42. The zero-order valence-electron chi connectivity index (χ0n) is 27.0. The van der Waals surface area contributed by atoms with Gasteiger partial charge in [-0.3, -0.25) is 9.59 Å². The first-order valence-electron chi connectivity index (χ1n) is 15.9. The van der Waals surface area contributed by atoms with Gasteiger partial charge in [0.25, 0.3) is 0 Å². The molecule has 0 aromatic heterocycles. The van der Waals surface area contributed by atoms with Gasteiger partial charge in [0.05, 0.1) is 0 Å². The molecule has 1 aliphatic heterocycles. The van der Waals surface area contributed by atoms with E-state index in [1.54, 1.807) is 6.07 Å². The van der Waals surface area contributed by atoms with Gasteiger partial charge in [-0.2, -0.15) is 0 Å². The van der Waals surface area contributed by atoms with E-state index >= 15 is 0 Å². The Kier molecular flexibility index (Phi) is 23.4. The van der Waals surface area contributed by atoms with E-state index in [0.29, 0.717) is 25.4 Å². The fourth-order valence-electron chi connectivity index (χ4n) is 4.32. The number of carbonyl (C=O) groups is 2. The highest BCUT2D eigenvalue weighted by molar-refractivity contribution is 5.87. The van der Waals surface area contributed by atoms with Crippen LogP contribution in [0.25, 0.3) is 0 Å². The molecular formula is C35H58FN3O2. The Bertz CT molecular complexity index is 933. The normalized spacial score (nSPS) is 18.5. The van der Waals surface area contributed by atoms with Crippen LogP contribution in [0.1, 0.15) is 110 Å². The zero-order valence-corrected chi connectivity index (χ0v) is 27.0. The van der Waals surface area contributed by atoms with Crippen molar-refractivity contribution in [1.29, 1.82) is 0 Å². The maximum absolute atomic E-state index is 12.5. The number of benzene rings is 2. The van der Waals surface area contributed by atoms with Crippen molar-refractivity contribution in [3.8, 4) is 0 Å². The van der Waals surface area contributed by atoms with Gasteiger partial charge in [0, 0.05) is 19.0 Å². The largest absolute Gasteiger partial charge is 0.354 e. The van der Waals surface area contributed by atoms with Crippen LogP contribution in [0.15, 0.2) is 48.5 Å². The number of halogens is 1. The Morgan fingerprint density at radius 2 is 1.51 bits per heavy atom. The molecule has 0 saturated heterocycles. The lowest BCUT2D eigenvalue weighted by molar-refractivity contribution is -0.129. The van der Waals surface area contributed by atoms with Gasteiger partial charge in [-0.05, 0) is 94.2 Å². The monoisotopic (exact) mass is 571 g/mol. The molecule has 6 heteroatoms. The summed E-state index contributed by atoms with van der Waals surface area (Å²) < 4.78 is 12.2. The molecular weight excluding hydrogens is 513 g/mol. The van der Waals surface area contributed by atoms with Gasteiger partial charge < -0.3 is 16.0 Å². The fourth-order valence-corrected chi connectivity index (χ4v) is 4.32. The molecule has 5 nitrogen and oxygen atoms in total. The van der Waals surface area contributed by atoms with E-state index in [4.69, 9.17) is 0 Å². The highest BCUT2D eigenvalue weighted by Crippen LogP contribution is 2.14. The van der Waals surface area contributed by atoms with E-state index in [1.807, 2.05) is 33.8 Å². The highest BCUT2D eigenvalue weighted by Gasteiger charge is 2.19. The minimum atomic E-state index is -0.415. The average molecular weight is 572 g/mol. The van der Waals surface area contributed by atoms with Crippen LogP contribution in [0.4, 0.5) is 4.39 Å². The molecule has 2 aromatic rings. The Labute approximate surface area is 250 Å². The number of hydrogen-bond acceptors (Lipinski definition) is 3. The summed E-state index contributed by atoms with van der Waals surface area (Å²) in [4.78, 5) is 24.7. The second-order valence-corrected chi connectivity index (χ2v) is 10.4. The van der Waals surface area contributed by atoms with Gasteiger partial charge in [-0.15, -0.1) is 0 Å². The summed E-state index contributed by atoms with van der Waals surface area (Å²) >= 11 is 0. The lowest BCUT2D eigenvalue weighted by Gasteiger charge is -2.19. The maximum Gasteiger partial charge on any atom is 0.242 e. The summed E-state index contributed by atoms with van der Waals surface area (Å²) in [6.45, 7) is 16.0. The molecule has 1 aliphatic rings. The van der Waals surface area contributed by atoms with E-state index in [1.165, 1.54) is 29.7 Å². The lowest BCUT2D eigenvalue weighted by atomic mass is 9.97. The van der Waals surface area contributed by atoms with Crippen molar-refractivity contribution in [2.45, 2.75) is 125 Å². The highest BCUT2D eigenvalue weighted by atomic mass is 19.1. The molecule has 0 bridgehead atoms. The van der Waals surface area contributed by atoms with Gasteiger partial charge >= 0.3 is 0 Å². The number of rotatable bonds is 2. The van der Waals surface area contributed by atoms with Crippen molar-refractivity contribution in [1.82, 2.24) is 16.0 Å². The second kappa shape index (κ2) is 25.0. The summed E-state index contributed by atoms with van der Waals surface area (Å²) in [5, 5.41) is 9.51. The summed E-state index contributed by atoms with van der Waals surface area (Å²) in [5.41, 5.74) is 3.76. The zero-order chi connectivity index (χ0) is 30.9. The number of amides is 2. The Morgan fingerprint density at radius 1 is 0.854 bits per heavy atom. The van der Waals surface area contributed by atoms with Crippen LogP contribution in [0.5, 0.6) is 0 Å². The van der Waals surface area contributed by atoms with Crippen LogP contribution in [0.3, 0.4) is 0 Å². The maximum atomic E-state index is 12.5. The van der Waals surface area contributed by atoms with E-state index < -0.39 is 6.04 Å². The van der Waals surface area contributed by atoms with Crippen molar-refractivity contribution in [2.75, 3.05) is 13.1 Å². The van der Waals surface area contributed by atoms with Crippen LogP contribution in [0.2, 0.25) is 0 Å². The minimum Gasteiger partial charge on any atom is -0.354 e. The van der Waals surface area contributed by atoms with Crippen molar-refractivity contribution < 1.29 is 14.0 Å². The molecule has 1 heterocycles. The SMILES string of the molecule is CC.CCC.CCCC1NC(=O)CCCCNC(C)CCc2ccccc2CCCNC1=O.Cc1cccc(F)c1. The van der Waals surface area contributed by atoms with Crippen LogP contribution in [-0.4, -0.2) is 37.0 Å². The van der Waals surface area contributed by atoms with Gasteiger partial charge in [-0.1, -0.05) is 83.9 Å². The Hall–Kier alpha value is -2.73. The van der Waals surface area contributed by atoms with Crippen LogP contribution in [0, 0.1) is 12.7 Å². The van der Waals surface area contributed by atoms with Crippen LogP contribution in [-0.2, 0) is 22.4 Å². The average Bonchev–Trinajstić information content (AvgIpc) is 2.95. The van der Waals surface area contributed by atoms with Gasteiger partial charge in [0.15, 0.2) is 0 Å². The first-order valence-corrected chi connectivity index (χ1v) is 15.9. The molecule has 3 N–H and O–H groups in total. The van der Waals surface area contributed by atoms with Crippen molar-refractivity contribution in [3.63, 3.8) is 0 Å². The molecule has 0 fully saturated rings. The summed E-state index contributed by atoms with van der Waals surface area (Å²) in [6.07, 6.45) is 9.13. The molecule has 0 spiro atoms. The number of nitrogens with one attached hydrogen (secondary N) is 3. The van der Waals surface area contributed by atoms with Crippen LogP contribution < -0.4 is 16.0 Å². The van der Waals surface area contributed by atoms with E-state index in [-0.39, 0.29) is 17.6 Å². The summed E-state index contributed by atoms with van der Waals surface area (Å²) in [7, 11) is 0. The smallest absolute Gasteiger partial charge is 0.242 e.